The molecule has 0 radical (unpaired) electrons. The summed E-state index contributed by atoms with van der Waals surface area (Å²) in [6.07, 6.45) is 1.98. The zero-order valence-corrected chi connectivity index (χ0v) is 11.3. The second-order valence-corrected chi connectivity index (χ2v) is 4.60. The number of nitrogens with two attached hydrogens (primary N) is 1. The normalized spacial score (nSPS) is 15.6. The van der Waals surface area contributed by atoms with E-state index in [1.807, 2.05) is 0 Å². The van der Waals surface area contributed by atoms with Crippen LogP contribution in [0.2, 0.25) is 0 Å². The molecule has 16 heavy (non-hydrogen) atoms. The van der Waals surface area contributed by atoms with Gasteiger partial charge in [-0.1, -0.05) is 0 Å². The van der Waals surface area contributed by atoms with Gasteiger partial charge in [-0.2, -0.15) is 0 Å². The number of thiazole rings is 1. The Labute approximate surface area is 112 Å². The first-order chi connectivity index (χ1) is 6.79. The maximum Gasteiger partial charge on any atom is 0.180 e. The molecule has 0 saturated carbocycles. The maximum absolute atomic E-state index is 8.85. The predicted molar refractivity (Wildman–Crippen MR) is 72.0 cm³/mol. The Morgan fingerprint density at radius 2 is 2.00 bits per heavy atom. The third kappa shape index (κ3) is 3.75. The molecular formula is C9H17Cl2N3OS. The highest BCUT2D eigenvalue weighted by Gasteiger charge is 2.16. The number of hydrogen-bond donors (Lipinski definition) is 2. The van der Waals surface area contributed by atoms with E-state index in [1.165, 1.54) is 4.88 Å². The van der Waals surface area contributed by atoms with Crippen molar-refractivity contribution in [2.45, 2.75) is 12.8 Å². The van der Waals surface area contributed by atoms with Crippen molar-refractivity contribution >= 4 is 41.3 Å². The minimum Gasteiger partial charge on any atom is -0.395 e. The molecule has 1 aromatic rings. The van der Waals surface area contributed by atoms with Crippen molar-refractivity contribution in [2.24, 2.45) is 0 Å². The van der Waals surface area contributed by atoms with Crippen molar-refractivity contribution < 1.29 is 5.11 Å². The van der Waals surface area contributed by atoms with Gasteiger partial charge >= 0.3 is 0 Å². The van der Waals surface area contributed by atoms with Crippen LogP contribution in [0.5, 0.6) is 0 Å². The number of rotatable bonds is 2. The van der Waals surface area contributed by atoms with E-state index in [9.17, 15) is 0 Å². The predicted octanol–water partition coefficient (Wildman–Crippen LogP) is 0.962. The fourth-order valence-electron chi connectivity index (χ4n) is 1.79. The summed E-state index contributed by atoms with van der Waals surface area (Å²) in [6, 6.07) is 0. The molecule has 94 valence electrons. The monoisotopic (exact) mass is 285 g/mol. The summed E-state index contributed by atoms with van der Waals surface area (Å²) in [7, 11) is 0. The Morgan fingerprint density at radius 3 is 2.69 bits per heavy atom. The summed E-state index contributed by atoms with van der Waals surface area (Å²) in [4.78, 5) is 7.90. The van der Waals surface area contributed by atoms with Crippen LogP contribution in [0.4, 0.5) is 5.13 Å². The van der Waals surface area contributed by atoms with E-state index in [0.29, 0.717) is 5.13 Å². The van der Waals surface area contributed by atoms with Gasteiger partial charge in [0.25, 0.3) is 0 Å². The first-order valence-electron chi connectivity index (χ1n) is 4.87. The van der Waals surface area contributed by atoms with Crippen molar-refractivity contribution in [3.63, 3.8) is 0 Å². The van der Waals surface area contributed by atoms with Gasteiger partial charge in [0.1, 0.15) is 0 Å². The highest BCUT2D eigenvalue weighted by molar-refractivity contribution is 7.15. The Hall–Kier alpha value is -0.0700. The van der Waals surface area contributed by atoms with Crippen LogP contribution in [0, 0.1) is 0 Å². The van der Waals surface area contributed by atoms with Gasteiger partial charge in [-0.25, -0.2) is 4.98 Å². The molecule has 0 amide bonds. The Kier molecular flexibility index (Phi) is 7.26. The third-order valence-corrected chi connectivity index (χ3v) is 3.52. The van der Waals surface area contributed by atoms with Gasteiger partial charge in [-0.3, -0.25) is 0 Å². The van der Waals surface area contributed by atoms with E-state index >= 15 is 0 Å². The van der Waals surface area contributed by atoms with E-state index in [4.69, 9.17) is 10.8 Å². The molecule has 3 N–H and O–H groups in total. The van der Waals surface area contributed by atoms with Crippen molar-refractivity contribution in [2.75, 3.05) is 32.0 Å². The van der Waals surface area contributed by atoms with Crippen molar-refractivity contribution in [1.29, 1.82) is 0 Å². The molecule has 0 atom stereocenters. The number of β-amino-alcohol motifs (C(OH)–C–C–N with tert-alkyl or cyclic N) is 1. The summed E-state index contributed by atoms with van der Waals surface area (Å²) in [5, 5.41) is 9.53. The highest BCUT2D eigenvalue weighted by atomic mass is 35.5. The number of aliphatic hydroxyl groups excluding tert-OH is 1. The van der Waals surface area contributed by atoms with Gasteiger partial charge in [0.05, 0.1) is 12.3 Å². The zero-order valence-electron chi connectivity index (χ0n) is 8.89. The molecule has 0 aliphatic carbocycles. The summed E-state index contributed by atoms with van der Waals surface area (Å²) >= 11 is 1.60. The molecule has 7 heteroatoms. The van der Waals surface area contributed by atoms with Crippen LogP contribution in [0.15, 0.2) is 0 Å². The standard InChI is InChI=1S/C9H15N3OS.2ClH/c10-9-11-7-1-3-12(5-6-13)4-2-8(7)14-9;;/h13H,1-6H2,(H2,10,11);2*1H. The molecule has 1 aliphatic rings. The lowest BCUT2D eigenvalue weighted by Crippen LogP contribution is -2.29. The van der Waals surface area contributed by atoms with Crippen LogP contribution >= 0.6 is 36.2 Å². The summed E-state index contributed by atoms with van der Waals surface area (Å²) in [6.45, 7) is 3.00. The topological polar surface area (TPSA) is 62.4 Å². The summed E-state index contributed by atoms with van der Waals surface area (Å²) < 4.78 is 0. The summed E-state index contributed by atoms with van der Waals surface area (Å²) in [5.41, 5.74) is 6.82. The van der Waals surface area contributed by atoms with Crippen LogP contribution in [-0.2, 0) is 12.8 Å². The van der Waals surface area contributed by atoms with Crippen molar-refractivity contribution in [3.05, 3.63) is 10.6 Å². The Morgan fingerprint density at radius 1 is 1.31 bits per heavy atom. The molecule has 0 spiro atoms. The lowest BCUT2D eigenvalue weighted by atomic mass is 10.2. The first-order valence-corrected chi connectivity index (χ1v) is 5.68. The van der Waals surface area contributed by atoms with E-state index in [0.717, 1.165) is 38.2 Å². The minimum atomic E-state index is 0. The largest absolute Gasteiger partial charge is 0.395 e. The second kappa shape index (κ2) is 7.29. The molecule has 4 nitrogen and oxygen atoms in total. The minimum absolute atomic E-state index is 0. The van der Waals surface area contributed by atoms with Crippen molar-refractivity contribution in [1.82, 2.24) is 9.88 Å². The molecule has 0 aromatic carbocycles. The molecular weight excluding hydrogens is 269 g/mol. The number of hydrogen-bond acceptors (Lipinski definition) is 5. The number of aliphatic hydroxyl groups is 1. The van der Waals surface area contributed by atoms with Gasteiger partial charge in [-0.05, 0) is 6.42 Å². The average molecular weight is 286 g/mol. The lowest BCUT2D eigenvalue weighted by molar-refractivity contribution is 0.201. The Balaban J connectivity index is 0.00000112. The van der Waals surface area contributed by atoms with Gasteiger partial charge in [0.2, 0.25) is 0 Å². The number of anilines is 1. The van der Waals surface area contributed by atoms with Crippen LogP contribution in [-0.4, -0.2) is 41.2 Å². The first kappa shape index (κ1) is 15.9. The van der Waals surface area contributed by atoms with Gasteiger partial charge in [0, 0.05) is 30.9 Å². The number of nitrogen functional groups attached to an aromatic ring is 1. The SMILES string of the molecule is Cl.Cl.Nc1nc2c(s1)CCN(CCO)CC2. The third-order valence-electron chi connectivity index (χ3n) is 2.53. The van der Waals surface area contributed by atoms with E-state index < -0.39 is 0 Å². The average Bonchev–Trinajstić information content (AvgIpc) is 2.42. The zero-order chi connectivity index (χ0) is 9.97. The fourth-order valence-corrected chi connectivity index (χ4v) is 2.66. The van der Waals surface area contributed by atoms with Gasteiger partial charge in [-0.15, -0.1) is 36.2 Å². The second-order valence-electron chi connectivity index (χ2n) is 3.49. The number of nitrogens with zero attached hydrogens (tertiary/aromatic N) is 2. The number of halogens is 2. The van der Waals surface area contributed by atoms with Gasteiger partial charge in [0.15, 0.2) is 5.13 Å². The van der Waals surface area contributed by atoms with Crippen molar-refractivity contribution in [3.8, 4) is 0 Å². The maximum atomic E-state index is 8.85. The quantitative estimate of drug-likeness (QED) is 0.850. The number of fused-ring (bicyclic) bond motifs is 1. The van der Waals surface area contributed by atoms with Crippen LogP contribution in [0.1, 0.15) is 10.6 Å². The smallest absolute Gasteiger partial charge is 0.180 e. The Bertz CT molecular complexity index is 296. The molecule has 2 heterocycles. The molecule has 0 bridgehead atoms. The van der Waals surface area contributed by atoms with E-state index in [2.05, 4.69) is 9.88 Å². The molecule has 0 unspecified atom stereocenters. The molecule has 1 aromatic heterocycles. The fraction of sp³-hybridized carbons (Fsp3) is 0.667. The van der Waals surface area contributed by atoms with E-state index in [1.54, 1.807) is 11.3 Å². The van der Waals surface area contributed by atoms with Crippen LogP contribution in [0.25, 0.3) is 0 Å². The lowest BCUT2D eigenvalue weighted by Gasteiger charge is -2.17. The summed E-state index contributed by atoms with van der Waals surface area (Å²) in [5.74, 6) is 0. The molecule has 1 aliphatic heterocycles. The van der Waals surface area contributed by atoms with Gasteiger partial charge < -0.3 is 15.7 Å². The number of aromatic nitrogens is 1. The molecule has 0 saturated heterocycles. The molecule has 2 rings (SSSR count). The highest BCUT2D eigenvalue weighted by Crippen LogP contribution is 2.23. The molecule has 0 fully saturated rings. The van der Waals surface area contributed by atoms with E-state index in [-0.39, 0.29) is 31.4 Å². The van der Waals surface area contributed by atoms with Crippen LogP contribution < -0.4 is 5.73 Å². The van der Waals surface area contributed by atoms with Crippen LogP contribution in [0.3, 0.4) is 0 Å².